The van der Waals surface area contributed by atoms with Gasteiger partial charge in [-0.15, -0.1) is 0 Å². The van der Waals surface area contributed by atoms with Gasteiger partial charge in [0.1, 0.15) is 6.54 Å². The summed E-state index contributed by atoms with van der Waals surface area (Å²) in [6.07, 6.45) is 12.6. The molecule has 5 heteroatoms. The number of amides is 1. The second-order valence-corrected chi connectivity index (χ2v) is 8.60. The first-order valence-corrected chi connectivity index (χ1v) is 9.41. The van der Waals surface area contributed by atoms with Crippen LogP contribution in [0.3, 0.4) is 0 Å². The number of rotatable bonds is 5. The van der Waals surface area contributed by atoms with E-state index < -0.39 is 0 Å². The Bertz CT molecular complexity index is 562. The quantitative estimate of drug-likeness (QED) is 0.892. The van der Waals surface area contributed by atoms with Crippen LogP contribution in [0.4, 0.5) is 0 Å². The van der Waals surface area contributed by atoms with E-state index in [1.165, 1.54) is 38.5 Å². The molecule has 4 saturated carbocycles. The zero-order chi connectivity index (χ0) is 16.0. The number of carbonyl (C=O) groups excluding carboxylic acids is 1. The fourth-order valence-electron chi connectivity index (χ4n) is 6.10. The van der Waals surface area contributed by atoms with Crippen LogP contribution in [0.5, 0.6) is 0 Å². The number of nitrogens with one attached hydrogen (secondary N) is 1. The second-order valence-electron chi connectivity index (χ2n) is 8.16. The lowest BCUT2D eigenvalue weighted by molar-refractivity contribution is -0.127. The average molecular weight is 336 g/mol. The molecule has 4 bridgehead atoms. The molecule has 1 amide bonds. The molecule has 0 spiro atoms. The van der Waals surface area contributed by atoms with E-state index in [2.05, 4.69) is 17.3 Å². The van der Waals surface area contributed by atoms with E-state index >= 15 is 0 Å². The molecule has 23 heavy (non-hydrogen) atoms. The fourth-order valence-corrected chi connectivity index (χ4v) is 6.26. The van der Waals surface area contributed by atoms with Gasteiger partial charge in [-0.3, -0.25) is 9.48 Å². The van der Waals surface area contributed by atoms with Crippen molar-refractivity contribution in [3.63, 3.8) is 0 Å². The summed E-state index contributed by atoms with van der Waals surface area (Å²) in [5.41, 5.74) is 0.362. The number of aromatic nitrogens is 2. The van der Waals surface area contributed by atoms with Crippen LogP contribution in [-0.4, -0.2) is 21.7 Å². The summed E-state index contributed by atoms with van der Waals surface area (Å²) in [5.74, 6) is 2.80. The summed E-state index contributed by atoms with van der Waals surface area (Å²) in [7, 11) is 0. The normalized spacial score (nSPS) is 36.2. The van der Waals surface area contributed by atoms with E-state index in [1.54, 1.807) is 17.1 Å². The van der Waals surface area contributed by atoms with E-state index in [0.29, 0.717) is 16.5 Å². The first kappa shape index (κ1) is 15.5. The van der Waals surface area contributed by atoms with Crippen LogP contribution in [0.25, 0.3) is 0 Å². The van der Waals surface area contributed by atoms with E-state index in [4.69, 9.17) is 11.6 Å². The van der Waals surface area contributed by atoms with Gasteiger partial charge in [-0.1, -0.05) is 18.5 Å². The summed E-state index contributed by atoms with van der Waals surface area (Å²) in [5, 5.41) is 8.02. The predicted molar refractivity (Wildman–Crippen MR) is 90.1 cm³/mol. The number of carbonyl (C=O) groups is 1. The van der Waals surface area contributed by atoms with Gasteiger partial charge in [0.15, 0.2) is 0 Å². The van der Waals surface area contributed by atoms with Crippen LogP contribution in [0, 0.1) is 23.2 Å². The van der Waals surface area contributed by atoms with Crippen molar-refractivity contribution in [2.45, 2.75) is 64.5 Å². The minimum atomic E-state index is 0.0624. The van der Waals surface area contributed by atoms with Gasteiger partial charge in [0, 0.05) is 12.2 Å². The van der Waals surface area contributed by atoms with Gasteiger partial charge in [-0.2, -0.15) is 5.10 Å². The first-order valence-electron chi connectivity index (χ1n) is 9.03. The Labute approximate surface area is 143 Å². The van der Waals surface area contributed by atoms with Crippen molar-refractivity contribution in [2.24, 2.45) is 23.2 Å². The fraction of sp³-hybridized carbons (Fsp3) is 0.778. The number of hydrogen-bond donors (Lipinski definition) is 1. The maximum atomic E-state index is 12.5. The molecule has 4 fully saturated rings. The SMILES string of the molecule is CCC(NC(=O)Cn1cc(Cl)cn1)C12CC3CC(CC(C3)C1)C2. The Hall–Kier alpha value is -1.03. The Morgan fingerprint density at radius 1 is 1.35 bits per heavy atom. The topological polar surface area (TPSA) is 46.9 Å². The van der Waals surface area contributed by atoms with E-state index in [9.17, 15) is 4.79 Å². The molecule has 5 rings (SSSR count). The summed E-state index contributed by atoms with van der Waals surface area (Å²) in [6.45, 7) is 2.48. The zero-order valence-electron chi connectivity index (χ0n) is 13.8. The van der Waals surface area contributed by atoms with Crippen LogP contribution >= 0.6 is 11.6 Å². The standard InChI is InChI=1S/C18H26ClN3O/c1-2-16(21-17(23)11-22-10-15(19)9-20-22)18-6-12-3-13(7-18)5-14(4-12)8-18/h9-10,12-14,16H,2-8,11H2,1H3,(H,21,23). The third-order valence-corrected chi connectivity index (χ3v) is 6.67. The van der Waals surface area contributed by atoms with Crippen LogP contribution in [0.1, 0.15) is 51.9 Å². The molecule has 0 aliphatic heterocycles. The predicted octanol–water partition coefficient (Wildman–Crippen LogP) is 3.65. The van der Waals surface area contributed by atoms with Gasteiger partial charge in [0.2, 0.25) is 5.91 Å². The maximum Gasteiger partial charge on any atom is 0.241 e. The van der Waals surface area contributed by atoms with Crippen LogP contribution < -0.4 is 5.32 Å². The third kappa shape index (κ3) is 2.90. The molecule has 1 heterocycles. The number of hydrogen-bond acceptors (Lipinski definition) is 2. The highest BCUT2D eigenvalue weighted by molar-refractivity contribution is 6.30. The Kier molecular flexibility index (Phi) is 3.91. The minimum absolute atomic E-state index is 0.0624. The zero-order valence-corrected chi connectivity index (χ0v) is 14.6. The summed E-state index contributed by atoms with van der Waals surface area (Å²) >= 11 is 5.87. The van der Waals surface area contributed by atoms with Crippen LogP contribution in [0.2, 0.25) is 5.02 Å². The molecule has 4 aliphatic carbocycles. The molecule has 126 valence electrons. The summed E-state index contributed by atoms with van der Waals surface area (Å²) in [6, 6.07) is 0.314. The molecule has 0 aromatic carbocycles. The van der Waals surface area contributed by atoms with Gasteiger partial charge in [-0.25, -0.2) is 0 Å². The highest BCUT2D eigenvalue weighted by Gasteiger charge is 2.53. The van der Waals surface area contributed by atoms with Crippen molar-refractivity contribution in [3.05, 3.63) is 17.4 Å². The molecule has 4 aliphatic rings. The minimum Gasteiger partial charge on any atom is -0.351 e. The molecular formula is C18H26ClN3O. The Morgan fingerprint density at radius 2 is 1.96 bits per heavy atom. The van der Waals surface area contributed by atoms with E-state index in [-0.39, 0.29) is 12.5 Å². The lowest BCUT2D eigenvalue weighted by atomic mass is 9.47. The van der Waals surface area contributed by atoms with Gasteiger partial charge >= 0.3 is 0 Å². The molecular weight excluding hydrogens is 310 g/mol. The molecule has 1 N–H and O–H groups in total. The van der Waals surface area contributed by atoms with Gasteiger partial charge in [0.25, 0.3) is 0 Å². The Morgan fingerprint density at radius 3 is 2.43 bits per heavy atom. The maximum absolute atomic E-state index is 12.5. The van der Waals surface area contributed by atoms with Crippen LogP contribution in [-0.2, 0) is 11.3 Å². The summed E-state index contributed by atoms with van der Waals surface area (Å²) < 4.78 is 1.62. The molecule has 1 aromatic rings. The monoisotopic (exact) mass is 335 g/mol. The number of halogens is 1. The van der Waals surface area contributed by atoms with Crippen LogP contribution in [0.15, 0.2) is 12.4 Å². The van der Waals surface area contributed by atoms with Crippen molar-refractivity contribution >= 4 is 17.5 Å². The molecule has 4 nitrogen and oxygen atoms in total. The van der Waals surface area contributed by atoms with Crippen molar-refractivity contribution < 1.29 is 4.79 Å². The van der Waals surface area contributed by atoms with E-state index in [0.717, 1.165) is 24.2 Å². The largest absolute Gasteiger partial charge is 0.351 e. The van der Waals surface area contributed by atoms with Gasteiger partial charge < -0.3 is 5.32 Å². The summed E-state index contributed by atoms with van der Waals surface area (Å²) in [4.78, 5) is 12.5. The second kappa shape index (κ2) is 5.80. The molecule has 1 aromatic heterocycles. The average Bonchev–Trinajstić information content (AvgIpc) is 2.88. The smallest absolute Gasteiger partial charge is 0.241 e. The van der Waals surface area contributed by atoms with Gasteiger partial charge in [-0.05, 0) is 68.1 Å². The van der Waals surface area contributed by atoms with E-state index in [1.807, 2.05) is 0 Å². The van der Waals surface area contributed by atoms with Crippen molar-refractivity contribution in [1.29, 1.82) is 0 Å². The van der Waals surface area contributed by atoms with Crippen molar-refractivity contribution in [3.8, 4) is 0 Å². The van der Waals surface area contributed by atoms with Crippen molar-refractivity contribution in [1.82, 2.24) is 15.1 Å². The highest BCUT2D eigenvalue weighted by Crippen LogP contribution is 2.61. The Balaban J connectivity index is 1.45. The molecule has 0 saturated heterocycles. The first-order chi connectivity index (χ1) is 11.1. The van der Waals surface area contributed by atoms with Gasteiger partial charge in [0.05, 0.1) is 11.2 Å². The lowest BCUT2D eigenvalue weighted by Gasteiger charge is -2.59. The third-order valence-electron chi connectivity index (χ3n) is 6.48. The van der Waals surface area contributed by atoms with Crippen molar-refractivity contribution in [2.75, 3.05) is 0 Å². The lowest BCUT2D eigenvalue weighted by Crippen LogP contribution is -2.57. The molecule has 1 unspecified atom stereocenters. The molecule has 1 atom stereocenters. The number of nitrogens with zero attached hydrogens (tertiary/aromatic N) is 2. The molecule has 0 radical (unpaired) electrons. The highest BCUT2D eigenvalue weighted by atomic mass is 35.5.